The summed E-state index contributed by atoms with van der Waals surface area (Å²) in [4.78, 5) is 14.6. The van der Waals surface area contributed by atoms with E-state index in [9.17, 15) is 4.79 Å². The first-order valence-corrected chi connectivity index (χ1v) is 6.00. The van der Waals surface area contributed by atoms with E-state index in [2.05, 4.69) is 11.9 Å². The maximum absolute atomic E-state index is 11.5. The maximum atomic E-state index is 11.5. The van der Waals surface area contributed by atoms with Gasteiger partial charge in [-0.3, -0.25) is 0 Å². The molecule has 1 heterocycles. The summed E-state index contributed by atoms with van der Waals surface area (Å²) in [7, 11) is 1.37. The van der Waals surface area contributed by atoms with E-state index >= 15 is 0 Å². The van der Waals surface area contributed by atoms with Gasteiger partial charge in [0.15, 0.2) is 0 Å². The van der Waals surface area contributed by atoms with Gasteiger partial charge in [0.05, 0.1) is 19.2 Å². The van der Waals surface area contributed by atoms with Crippen molar-refractivity contribution in [2.75, 3.05) is 13.7 Å². The molecule has 0 saturated heterocycles. The SMILES string of the molecule is CCCOc1ccc(C)c2[nH]c(C(=O)OC)cc12. The van der Waals surface area contributed by atoms with Crippen molar-refractivity contribution in [2.24, 2.45) is 0 Å². The summed E-state index contributed by atoms with van der Waals surface area (Å²) in [6.07, 6.45) is 0.948. The minimum absolute atomic E-state index is 0.368. The highest BCUT2D eigenvalue weighted by Crippen LogP contribution is 2.29. The number of hydrogen-bond donors (Lipinski definition) is 1. The van der Waals surface area contributed by atoms with Crippen LogP contribution in [0.15, 0.2) is 18.2 Å². The van der Waals surface area contributed by atoms with E-state index < -0.39 is 0 Å². The Morgan fingerprint density at radius 1 is 1.39 bits per heavy atom. The molecule has 0 radical (unpaired) electrons. The third-order valence-electron chi connectivity index (χ3n) is 2.83. The number of methoxy groups -OCH3 is 1. The maximum Gasteiger partial charge on any atom is 0.354 e. The summed E-state index contributed by atoms with van der Waals surface area (Å²) in [6.45, 7) is 4.71. The third-order valence-corrected chi connectivity index (χ3v) is 2.83. The van der Waals surface area contributed by atoms with Crippen molar-refractivity contribution in [1.29, 1.82) is 0 Å². The number of fused-ring (bicyclic) bond motifs is 1. The number of esters is 1. The van der Waals surface area contributed by atoms with E-state index in [-0.39, 0.29) is 5.97 Å². The molecular formula is C14H17NO3. The first kappa shape index (κ1) is 12.5. The van der Waals surface area contributed by atoms with Gasteiger partial charge in [-0.15, -0.1) is 0 Å². The van der Waals surface area contributed by atoms with Gasteiger partial charge in [-0.05, 0) is 31.0 Å². The molecule has 2 rings (SSSR count). The normalized spacial score (nSPS) is 10.6. The summed E-state index contributed by atoms with van der Waals surface area (Å²) in [5.41, 5.74) is 2.44. The Bertz CT molecular complexity index is 572. The molecule has 0 amide bonds. The largest absolute Gasteiger partial charge is 0.493 e. The molecule has 96 valence electrons. The molecule has 0 bridgehead atoms. The van der Waals surface area contributed by atoms with Crippen LogP contribution in [-0.2, 0) is 4.74 Å². The Morgan fingerprint density at radius 2 is 2.17 bits per heavy atom. The van der Waals surface area contributed by atoms with Crippen molar-refractivity contribution in [3.05, 3.63) is 29.5 Å². The zero-order valence-electron chi connectivity index (χ0n) is 10.9. The number of benzene rings is 1. The van der Waals surface area contributed by atoms with Gasteiger partial charge in [0, 0.05) is 5.39 Å². The second-order valence-electron chi connectivity index (χ2n) is 4.19. The average Bonchev–Trinajstić information content (AvgIpc) is 2.83. The van der Waals surface area contributed by atoms with E-state index in [0.717, 1.165) is 28.6 Å². The lowest BCUT2D eigenvalue weighted by atomic mass is 10.1. The van der Waals surface area contributed by atoms with Gasteiger partial charge >= 0.3 is 5.97 Å². The second-order valence-corrected chi connectivity index (χ2v) is 4.19. The second kappa shape index (κ2) is 5.12. The van der Waals surface area contributed by atoms with Crippen molar-refractivity contribution >= 4 is 16.9 Å². The van der Waals surface area contributed by atoms with Crippen LogP contribution >= 0.6 is 0 Å². The van der Waals surface area contributed by atoms with Crippen LogP contribution in [0.1, 0.15) is 29.4 Å². The molecule has 0 aliphatic carbocycles. The molecule has 1 aromatic carbocycles. The molecule has 4 nitrogen and oxygen atoms in total. The zero-order valence-corrected chi connectivity index (χ0v) is 10.9. The molecule has 1 N–H and O–H groups in total. The number of carbonyl (C=O) groups excluding carboxylic acids is 1. The van der Waals surface area contributed by atoms with Crippen LogP contribution in [0.5, 0.6) is 5.75 Å². The van der Waals surface area contributed by atoms with Crippen LogP contribution in [0.3, 0.4) is 0 Å². The average molecular weight is 247 g/mol. The number of aryl methyl sites for hydroxylation is 1. The standard InChI is InChI=1S/C14H17NO3/c1-4-7-18-12-6-5-9(2)13-10(12)8-11(15-13)14(16)17-3/h5-6,8,15H,4,7H2,1-3H3. The predicted octanol–water partition coefficient (Wildman–Crippen LogP) is 3.05. The monoisotopic (exact) mass is 247 g/mol. The quantitative estimate of drug-likeness (QED) is 0.845. The lowest BCUT2D eigenvalue weighted by molar-refractivity contribution is 0.0595. The Balaban J connectivity index is 2.51. The Kier molecular flexibility index (Phi) is 3.55. The van der Waals surface area contributed by atoms with E-state index in [4.69, 9.17) is 9.47 Å². The fourth-order valence-corrected chi connectivity index (χ4v) is 1.89. The van der Waals surface area contributed by atoms with Crippen molar-refractivity contribution in [1.82, 2.24) is 4.98 Å². The molecule has 0 fully saturated rings. The van der Waals surface area contributed by atoms with E-state index in [0.29, 0.717) is 12.3 Å². The van der Waals surface area contributed by atoms with Crippen molar-refractivity contribution in [3.8, 4) is 5.75 Å². The highest BCUT2D eigenvalue weighted by atomic mass is 16.5. The number of ether oxygens (including phenoxy) is 2. The summed E-state index contributed by atoms with van der Waals surface area (Å²) in [5.74, 6) is 0.427. The molecule has 4 heteroatoms. The fourth-order valence-electron chi connectivity index (χ4n) is 1.89. The van der Waals surface area contributed by atoms with Gasteiger partial charge < -0.3 is 14.5 Å². The van der Waals surface area contributed by atoms with Crippen molar-refractivity contribution < 1.29 is 14.3 Å². The van der Waals surface area contributed by atoms with Crippen LogP contribution in [0, 0.1) is 6.92 Å². The summed E-state index contributed by atoms with van der Waals surface area (Å²) in [5, 5.41) is 0.920. The van der Waals surface area contributed by atoms with Gasteiger partial charge in [-0.2, -0.15) is 0 Å². The third kappa shape index (κ3) is 2.18. The number of aromatic nitrogens is 1. The van der Waals surface area contributed by atoms with Gasteiger partial charge in [-0.25, -0.2) is 4.79 Å². The molecule has 1 aromatic heterocycles. The zero-order chi connectivity index (χ0) is 13.1. The van der Waals surface area contributed by atoms with Gasteiger partial charge in [0.2, 0.25) is 0 Å². The minimum atomic E-state index is -0.368. The van der Waals surface area contributed by atoms with Crippen molar-refractivity contribution in [3.63, 3.8) is 0 Å². The molecule has 0 aliphatic heterocycles. The summed E-state index contributed by atoms with van der Waals surface area (Å²) >= 11 is 0. The molecule has 0 saturated carbocycles. The number of carbonyl (C=O) groups is 1. The highest BCUT2D eigenvalue weighted by molar-refractivity contribution is 5.98. The molecule has 2 aromatic rings. The highest BCUT2D eigenvalue weighted by Gasteiger charge is 2.13. The lowest BCUT2D eigenvalue weighted by Gasteiger charge is -2.06. The van der Waals surface area contributed by atoms with Gasteiger partial charge in [-0.1, -0.05) is 13.0 Å². The molecule has 0 spiro atoms. The topological polar surface area (TPSA) is 51.3 Å². The lowest BCUT2D eigenvalue weighted by Crippen LogP contribution is -2.00. The summed E-state index contributed by atoms with van der Waals surface area (Å²) in [6, 6.07) is 5.69. The number of aromatic amines is 1. The Hall–Kier alpha value is -1.97. The Labute approximate surface area is 106 Å². The molecule has 0 aliphatic rings. The van der Waals surface area contributed by atoms with Crippen molar-refractivity contribution in [2.45, 2.75) is 20.3 Å². The fraction of sp³-hybridized carbons (Fsp3) is 0.357. The van der Waals surface area contributed by atoms with Crippen LogP contribution < -0.4 is 4.74 Å². The van der Waals surface area contributed by atoms with Crippen LogP contribution in [0.2, 0.25) is 0 Å². The van der Waals surface area contributed by atoms with Gasteiger partial charge in [0.25, 0.3) is 0 Å². The molecule has 0 unspecified atom stereocenters. The van der Waals surface area contributed by atoms with Gasteiger partial charge in [0.1, 0.15) is 11.4 Å². The van der Waals surface area contributed by atoms with Crippen LogP contribution in [-0.4, -0.2) is 24.7 Å². The number of rotatable bonds is 4. The predicted molar refractivity (Wildman–Crippen MR) is 70.2 cm³/mol. The summed E-state index contributed by atoms with van der Waals surface area (Å²) < 4.78 is 10.4. The van der Waals surface area contributed by atoms with E-state index in [1.54, 1.807) is 6.07 Å². The first-order chi connectivity index (χ1) is 8.67. The van der Waals surface area contributed by atoms with E-state index in [1.165, 1.54) is 7.11 Å². The minimum Gasteiger partial charge on any atom is -0.493 e. The number of hydrogen-bond acceptors (Lipinski definition) is 3. The number of H-pyrrole nitrogens is 1. The van der Waals surface area contributed by atoms with Crippen LogP contribution in [0.25, 0.3) is 10.9 Å². The Morgan fingerprint density at radius 3 is 2.83 bits per heavy atom. The first-order valence-electron chi connectivity index (χ1n) is 6.00. The molecule has 0 atom stereocenters. The number of nitrogens with one attached hydrogen (secondary N) is 1. The smallest absolute Gasteiger partial charge is 0.354 e. The van der Waals surface area contributed by atoms with E-state index in [1.807, 2.05) is 19.1 Å². The molecule has 18 heavy (non-hydrogen) atoms. The molecular weight excluding hydrogens is 230 g/mol. The van der Waals surface area contributed by atoms with Crippen LogP contribution in [0.4, 0.5) is 0 Å².